The quantitative estimate of drug-likeness (QED) is 0.628. The van der Waals surface area contributed by atoms with E-state index < -0.39 is 6.04 Å². The first-order valence-corrected chi connectivity index (χ1v) is 6.90. The van der Waals surface area contributed by atoms with Gasteiger partial charge in [-0.2, -0.15) is 0 Å². The van der Waals surface area contributed by atoms with Crippen molar-refractivity contribution in [2.24, 2.45) is 0 Å². The maximum absolute atomic E-state index is 12.2. The van der Waals surface area contributed by atoms with Gasteiger partial charge in [0, 0.05) is 7.05 Å². The van der Waals surface area contributed by atoms with Gasteiger partial charge in [-0.1, -0.05) is 6.07 Å². The van der Waals surface area contributed by atoms with Crippen molar-refractivity contribution in [2.75, 3.05) is 7.05 Å². The lowest BCUT2D eigenvalue weighted by Crippen LogP contribution is -2.27. The highest BCUT2D eigenvalue weighted by Gasteiger charge is 2.38. The zero-order valence-electron chi connectivity index (χ0n) is 11.3. The molecule has 6 heteroatoms. The molecule has 0 N–H and O–H groups in total. The van der Waals surface area contributed by atoms with Crippen molar-refractivity contribution < 1.29 is 9.59 Å². The molecule has 0 radical (unpaired) electrons. The van der Waals surface area contributed by atoms with Crippen LogP contribution in [0.2, 0.25) is 0 Å². The minimum absolute atomic E-state index is 0.165. The lowest BCUT2D eigenvalue weighted by atomic mass is 10.2. The van der Waals surface area contributed by atoms with Crippen LogP contribution in [0, 0.1) is 6.92 Å². The first kappa shape index (κ1) is 13.1. The number of alkyl halides is 1. The number of rotatable bonds is 2. The number of fused-ring (bicyclic) bond motifs is 1. The number of imide groups is 1. The number of hydrogen-bond donors (Lipinski definition) is 0. The summed E-state index contributed by atoms with van der Waals surface area (Å²) in [5.74, 6) is 0.445. The average molecular weight is 292 g/mol. The van der Waals surface area contributed by atoms with Crippen LogP contribution >= 0.6 is 11.6 Å². The highest BCUT2D eigenvalue weighted by atomic mass is 35.5. The number of aromatic nitrogens is 2. The summed E-state index contributed by atoms with van der Waals surface area (Å²) in [5.41, 5.74) is 2.72. The second-order valence-electron chi connectivity index (χ2n) is 5.03. The van der Waals surface area contributed by atoms with E-state index in [1.54, 1.807) is 4.57 Å². The van der Waals surface area contributed by atoms with Crippen molar-refractivity contribution in [3.8, 4) is 0 Å². The molecule has 20 heavy (non-hydrogen) atoms. The van der Waals surface area contributed by atoms with Crippen molar-refractivity contribution in [1.29, 1.82) is 0 Å². The Balaban J connectivity index is 2.22. The lowest BCUT2D eigenvalue weighted by Gasteiger charge is -2.14. The molecule has 2 amide bonds. The van der Waals surface area contributed by atoms with Crippen molar-refractivity contribution in [3.63, 3.8) is 0 Å². The summed E-state index contributed by atoms with van der Waals surface area (Å²) in [4.78, 5) is 29.6. The molecule has 1 aromatic carbocycles. The number of carbonyl (C=O) groups excluding carboxylic acids is 2. The Morgan fingerprint density at radius 3 is 2.75 bits per heavy atom. The maximum atomic E-state index is 12.2. The maximum Gasteiger partial charge on any atom is 0.252 e. The average Bonchev–Trinajstić information content (AvgIpc) is 2.91. The third-order valence-corrected chi connectivity index (χ3v) is 3.95. The first-order chi connectivity index (χ1) is 9.52. The lowest BCUT2D eigenvalue weighted by molar-refractivity contribution is -0.137. The van der Waals surface area contributed by atoms with E-state index in [1.807, 2.05) is 25.1 Å². The third kappa shape index (κ3) is 1.81. The minimum atomic E-state index is -0.534. The summed E-state index contributed by atoms with van der Waals surface area (Å²) >= 11 is 5.95. The van der Waals surface area contributed by atoms with Crippen LogP contribution in [-0.2, 0) is 15.5 Å². The molecular formula is C14H14ClN3O2. The molecule has 1 saturated heterocycles. The molecule has 5 nitrogen and oxygen atoms in total. The number of aryl methyl sites for hydroxylation is 1. The Labute approximate surface area is 121 Å². The van der Waals surface area contributed by atoms with Crippen molar-refractivity contribution in [1.82, 2.24) is 14.5 Å². The topological polar surface area (TPSA) is 55.2 Å². The van der Waals surface area contributed by atoms with Gasteiger partial charge in [0.25, 0.3) is 5.91 Å². The number of likely N-dealkylation sites (N-methyl/N-ethyl adjacent to an activating group) is 1. The number of hydrogen-bond acceptors (Lipinski definition) is 3. The van der Waals surface area contributed by atoms with Crippen LogP contribution in [-0.4, -0.2) is 33.3 Å². The molecule has 1 aliphatic rings. The molecule has 0 aliphatic carbocycles. The number of halogens is 1. The number of amides is 2. The van der Waals surface area contributed by atoms with E-state index in [0.717, 1.165) is 16.6 Å². The standard InChI is InChI=1S/C14H14ClN3O2/c1-8-3-4-9-10(5-8)18(12(7-15)16-9)11-6-13(19)17(2)14(11)20/h3-5,11H,6-7H2,1-2H3. The predicted molar refractivity (Wildman–Crippen MR) is 75.5 cm³/mol. The highest BCUT2D eigenvalue weighted by molar-refractivity contribution is 6.17. The van der Waals surface area contributed by atoms with Gasteiger partial charge in [-0.25, -0.2) is 4.98 Å². The SMILES string of the molecule is Cc1ccc2nc(CCl)n(C3CC(=O)N(C)C3=O)c2c1. The molecule has 1 unspecified atom stereocenters. The van der Waals surface area contributed by atoms with Crippen LogP contribution in [0.5, 0.6) is 0 Å². The molecule has 2 aromatic rings. The highest BCUT2D eigenvalue weighted by Crippen LogP contribution is 2.30. The van der Waals surface area contributed by atoms with Gasteiger partial charge >= 0.3 is 0 Å². The van der Waals surface area contributed by atoms with Gasteiger partial charge in [-0.15, -0.1) is 11.6 Å². The first-order valence-electron chi connectivity index (χ1n) is 6.36. The predicted octanol–water partition coefficient (Wildman–Crippen LogP) is 2.01. The fourth-order valence-electron chi connectivity index (χ4n) is 2.63. The van der Waals surface area contributed by atoms with Crippen molar-refractivity contribution >= 4 is 34.4 Å². The van der Waals surface area contributed by atoms with Gasteiger partial charge in [0.1, 0.15) is 11.9 Å². The zero-order valence-corrected chi connectivity index (χ0v) is 12.0. The summed E-state index contributed by atoms with van der Waals surface area (Å²) in [7, 11) is 1.51. The van der Waals surface area contributed by atoms with Gasteiger partial charge < -0.3 is 4.57 Å². The summed E-state index contributed by atoms with van der Waals surface area (Å²) in [6, 6.07) is 5.30. The number of imidazole rings is 1. The molecule has 1 aromatic heterocycles. The Morgan fingerprint density at radius 1 is 1.40 bits per heavy atom. The summed E-state index contributed by atoms with van der Waals surface area (Å²) in [6.07, 6.45) is 0.165. The Kier molecular flexibility index (Phi) is 3.01. The van der Waals surface area contributed by atoms with E-state index in [9.17, 15) is 9.59 Å². The largest absolute Gasteiger partial charge is 0.314 e. The number of carbonyl (C=O) groups is 2. The van der Waals surface area contributed by atoms with Gasteiger partial charge in [-0.05, 0) is 24.6 Å². The van der Waals surface area contributed by atoms with E-state index in [0.29, 0.717) is 5.82 Å². The van der Waals surface area contributed by atoms with Crippen LogP contribution in [0.3, 0.4) is 0 Å². The van der Waals surface area contributed by atoms with Crippen LogP contribution < -0.4 is 0 Å². The number of nitrogens with zero attached hydrogens (tertiary/aromatic N) is 3. The van der Waals surface area contributed by atoms with E-state index in [4.69, 9.17) is 11.6 Å². The molecule has 3 rings (SSSR count). The van der Waals surface area contributed by atoms with Crippen LogP contribution in [0.25, 0.3) is 11.0 Å². The monoisotopic (exact) mass is 291 g/mol. The normalized spacial score (nSPS) is 19.4. The minimum Gasteiger partial charge on any atom is -0.314 e. The van der Waals surface area contributed by atoms with E-state index in [-0.39, 0.29) is 24.1 Å². The molecule has 0 bridgehead atoms. The molecule has 2 heterocycles. The number of benzene rings is 1. The molecule has 0 saturated carbocycles. The van der Waals surface area contributed by atoms with Gasteiger partial charge in [0.2, 0.25) is 5.91 Å². The Bertz CT molecular complexity index is 723. The zero-order chi connectivity index (χ0) is 14.4. The summed E-state index contributed by atoms with van der Waals surface area (Å²) in [5, 5.41) is 0. The second-order valence-corrected chi connectivity index (χ2v) is 5.30. The van der Waals surface area contributed by atoms with Crippen LogP contribution in [0.1, 0.15) is 23.9 Å². The molecule has 0 spiro atoms. The van der Waals surface area contributed by atoms with Crippen molar-refractivity contribution in [2.45, 2.75) is 25.3 Å². The fourth-order valence-corrected chi connectivity index (χ4v) is 2.82. The van der Waals surface area contributed by atoms with E-state index in [1.165, 1.54) is 11.9 Å². The van der Waals surface area contributed by atoms with Crippen molar-refractivity contribution in [3.05, 3.63) is 29.6 Å². The number of likely N-dealkylation sites (tertiary alicyclic amines) is 1. The van der Waals surface area contributed by atoms with Crippen LogP contribution in [0.4, 0.5) is 0 Å². The van der Waals surface area contributed by atoms with E-state index >= 15 is 0 Å². The van der Waals surface area contributed by atoms with Crippen LogP contribution in [0.15, 0.2) is 18.2 Å². The van der Waals surface area contributed by atoms with Gasteiger partial charge in [0.05, 0.1) is 23.3 Å². The Morgan fingerprint density at radius 2 is 2.15 bits per heavy atom. The second kappa shape index (κ2) is 4.59. The molecule has 1 fully saturated rings. The molecule has 1 atom stereocenters. The molecule has 104 valence electrons. The summed E-state index contributed by atoms with van der Waals surface area (Å²) in [6.45, 7) is 1.98. The van der Waals surface area contributed by atoms with E-state index in [2.05, 4.69) is 4.98 Å². The molecular weight excluding hydrogens is 278 g/mol. The summed E-state index contributed by atoms with van der Waals surface area (Å²) < 4.78 is 1.80. The third-order valence-electron chi connectivity index (χ3n) is 3.71. The van der Waals surface area contributed by atoms with Gasteiger partial charge in [0.15, 0.2) is 0 Å². The smallest absolute Gasteiger partial charge is 0.252 e. The molecule has 1 aliphatic heterocycles. The Hall–Kier alpha value is -1.88. The van der Waals surface area contributed by atoms with Gasteiger partial charge in [-0.3, -0.25) is 14.5 Å². The fraction of sp³-hybridized carbons (Fsp3) is 0.357.